The zero-order chi connectivity index (χ0) is 17.6. The van der Waals surface area contributed by atoms with Gasteiger partial charge in [-0.2, -0.15) is 13.2 Å². The van der Waals surface area contributed by atoms with Crippen LogP contribution in [-0.4, -0.2) is 20.1 Å². The van der Waals surface area contributed by atoms with Crippen molar-refractivity contribution in [3.63, 3.8) is 0 Å². The molecule has 0 aliphatic carbocycles. The van der Waals surface area contributed by atoms with Crippen LogP contribution in [0.3, 0.4) is 0 Å². The lowest BCUT2D eigenvalue weighted by Gasteiger charge is -2.15. The fourth-order valence-electron chi connectivity index (χ4n) is 2.93. The molecule has 0 radical (unpaired) electrons. The molecule has 0 aromatic heterocycles. The Bertz CT molecular complexity index is 820. The highest BCUT2D eigenvalue weighted by Crippen LogP contribution is 2.45. The molecule has 0 N–H and O–H groups in total. The first-order valence-electron chi connectivity index (χ1n) is 7.06. The smallest absolute Gasteiger partial charge is 0.416 e. The van der Waals surface area contributed by atoms with E-state index >= 15 is 0 Å². The van der Waals surface area contributed by atoms with Gasteiger partial charge in [0.2, 0.25) is 5.91 Å². The SMILES string of the molecule is COc1ccc(Cl)cc1C1C(=O)N(C)c2cc(C(F)(F)F)ccc21. The Morgan fingerprint density at radius 3 is 2.46 bits per heavy atom. The molecule has 0 saturated carbocycles. The molecule has 3 rings (SSSR count). The van der Waals surface area contributed by atoms with E-state index in [9.17, 15) is 18.0 Å². The van der Waals surface area contributed by atoms with E-state index in [1.54, 1.807) is 18.2 Å². The van der Waals surface area contributed by atoms with E-state index in [2.05, 4.69) is 0 Å². The predicted octanol–water partition coefficient (Wildman–Crippen LogP) is 4.48. The van der Waals surface area contributed by atoms with Gasteiger partial charge in [-0.15, -0.1) is 0 Å². The van der Waals surface area contributed by atoms with Crippen molar-refractivity contribution in [2.45, 2.75) is 12.1 Å². The number of rotatable bonds is 2. The molecule has 7 heteroatoms. The number of alkyl halides is 3. The molecule has 1 aliphatic heterocycles. The van der Waals surface area contributed by atoms with Crippen LogP contribution in [0.1, 0.15) is 22.6 Å². The zero-order valence-electron chi connectivity index (χ0n) is 12.8. The summed E-state index contributed by atoms with van der Waals surface area (Å²) in [6.07, 6.45) is -4.47. The molecule has 0 saturated heterocycles. The van der Waals surface area contributed by atoms with Crippen LogP contribution in [0.5, 0.6) is 5.75 Å². The molecule has 1 aliphatic rings. The molecule has 0 fully saturated rings. The fourth-order valence-corrected chi connectivity index (χ4v) is 3.11. The number of nitrogens with zero attached hydrogens (tertiary/aromatic N) is 1. The molecule has 1 amide bonds. The molecule has 0 spiro atoms. The van der Waals surface area contributed by atoms with Gasteiger partial charge in [-0.05, 0) is 35.9 Å². The third kappa shape index (κ3) is 2.60. The van der Waals surface area contributed by atoms with Crippen molar-refractivity contribution in [1.82, 2.24) is 0 Å². The number of hydrogen-bond donors (Lipinski definition) is 0. The van der Waals surface area contributed by atoms with Crippen LogP contribution >= 0.6 is 11.6 Å². The number of hydrogen-bond acceptors (Lipinski definition) is 2. The van der Waals surface area contributed by atoms with Crippen LogP contribution in [0.15, 0.2) is 36.4 Å². The molecule has 1 heterocycles. The Kier molecular flexibility index (Phi) is 3.95. The number of fused-ring (bicyclic) bond motifs is 1. The second-order valence-corrected chi connectivity index (χ2v) is 5.92. The monoisotopic (exact) mass is 355 g/mol. The van der Waals surface area contributed by atoms with Gasteiger partial charge in [-0.25, -0.2) is 0 Å². The van der Waals surface area contributed by atoms with Crippen molar-refractivity contribution in [3.05, 3.63) is 58.1 Å². The highest BCUT2D eigenvalue weighted by molar-refractivity contribution is 6.30. The Morgan fingerprint density at radius 1 is 1.12 bits per heavy atom. The highest BCUT2D eigenvalue weighted by Gasteiger charge is 2.40. The largest absolute Gasteiger partial charge is 0.496 e. The van der Waals surface area contributed by atoms with Crippen molar-refractivity contribution in [2.24, 2.45) is 0 Å². The molecule has 2 aromatic rings. The van der Waals surface area contributed by atoms with Crippen LogP contribution in [0.2, 0.25) is 5.02 Å². The average Bonchev–Trinajstić information content (AvgIpc) is 2.77. The predicted molar refractivity (Wildman–Crippen MR) is 84.7 cm³/mol. The zero-order valence-corrected chi connectivity index (χ0v) is 13.6. The van der Waals surface area contributed by atoms with E-state index in [0.717, 1.165) is 12.1 Å². The standard InChI is InChI=1S/C17H13ClF3NO2/c1-22-13-7-9(17(19,20)21)3-5-11(13)15(16(22)23)12-8-10(18)4-6-14(12)24-2/h3-8,15H,1-2H3. The summed E-state index contributed by atoms with van der Waals surface area (Å²) in [4.78, 5) is 13.9. The minimum Gasteiger partial charge on any atom is -0.496 e. The molecule has 126 valence electrons. The number of methoxy groups -OCH3 is 1. The Balaban J connectivity index is 2.17. The number of ether oxygens (including phenoxy) is 1. The number of likely N-dealkylation sites (N-methyl/N-ethyl adjacent to an activating group) is 1. The number of carbonyl (C=O) groups is 1. The Hall–Kier alpha value is -2.21. The van der Waals surface area contributed by atoms with Gasteiger partial charge < -0.3 is 9.64 Å². The molecule has 0 bridgehead atoms. The van der Waals surface area contributed by atoms with E-state index in [1.165, 1.54) is 25.1 Å². The maximum absolute atomic E-state index is 12.9. The second-order valence-electron chi connectivity index (χ2n) is 5.49. The van der Waals surface area contributed by atoms with E-state index in [1.807, 2.05) is 0 Å². The number of anilines is 1. The summed E-state index contributed by atoms with van der Waals surface area (Å²) in [5.41, 5.74) is 0.470. The summed E-state index contributed by atoms with van der Waals surface area (Å²) in [6.45, 7) is 0. The van der Waals surface area contributed by atoms with Crippen molar-refractivity contribution in [3.8, 4) is 5.75 Å². The molecular weight excluding hydrogens is 343 g/mol. The molecule has 1 atom stereocenters. The average molecular weight is 356 g/mol. The first kappa shape index (κ1) is 16.6. The van der Waals surface area contributed by atoms with Crippen LogP contribution in [0.25, 0.3) is 0 Å². The van der Waals surface area contributed by atoms with Gasteiger partial charge >= 0.3 is 6.18 Å². The van der Waals surface area contributed by atoms with Crippen molar-refractivity contribution < 1.29 is 22.7 Å². The first-order valence-corrected chi connectivity index (χ1v) is 7.44. The number of halogens is 4. The summed E-state index contributed by atoms with van der Waals surface area (Å²) in [7, 11) is 2.92. The van der Waals surface area contributed by atoms with E-state index < -0.39 is 17.7 Å². The topological polar surface area (TPSA) is 29.5 Å². The summed E-state index contributed by atoms with van der Waals surface area (Å²) in [5.74, 6) is -0.621. The molecule has 1 unspecified atom stereocenters. The van der Waals surface area contributed by atoms with Gasteiger partial charge in [-0.1, -0.05) is 17.7 Å². The molecule has 2 aromatic carbocycles. The van der Waals surface area contributed by atoms with E-state index in [-0.39, 0.29) is 11.6 Å². The maximum atomic E-state index is 12.9. The van der Waals surface area contributed by atoms with Crippen LogP contribution in [-0.2, 0) is 11.0 Å². The summed E-state index contributed by atoms with van der Waals surface area (Å²) in [5, 5.41) is 0.418. The quantitative estimate of drug-likeness (QED) is 0.795. The lowest BCUT2D eigenvalue weighted by Crippen LogP contribution is -2.24. The van der Waals surface area contributed by atoms with Crippen molar-refractivity contribution in [1.29, 1.82) is 0 Å². The molecular formula is C17H13ClF3NO2. The Labute approximate surface area is 141 Å². The summed E-state index contributed by atoms with van der Waals surface area (Å²) < 4.78 is 44.1. The van der Waals surface area contributed by atoms with Gasteiger partial charge in [0.05, 0.1) is 18.6 Å². The highest BCUT2D eigenvalue weighted by atomic mass is 35.5. The second kappa shape index (κ2) is 5.70. The van der Waals surface area contributed by atoms with Crippen LogP contribution in [0, 0.1) is 0 Å². The number of amides is 1. The number of carbonyl (C=O) groups excluding carboxylic acids is 1. The van der Waals surface area contributed by atoms with Gasteiger partial charge in [0.15, 0.2) is 0 Å². The normalized spacial score (nSPS) is 17.2. The van der Waals surface area contributed by atoms with Crippen LogP contribution in [0.4, 0.5) is 18.9 Å². The lowest BCUT2D eigenvalue weighted by molar-refractivity contribution is -0.137. The third-order valence-electron chi connectivity index (χ3n) is 4.11. The fraction of sp³-hybridized carbons (Fsp3) is 0.235. The summed E-state index contributed by atoms with van der Waals surface area (Å²) in [6, 6.07) is 8.17. The lowest BCUT2D eigenvalue weighted by atomic mass is 9.91. The van der Waals surface area contributed by atoms with E-state index in [4.69, 9.17) is 16.3 Å². The van der Waals surface area contributed by atoms with E-state index in [0.29, 0.717) is 21.9 Å². The van der Waals surface area contributed by atoms with Gasteiger partial charge in [0, 0.05) is 23.3 Å². The van der Waals surface area contributed by atoms with Crippen molar-refractivity contribution >= 4 is 23.2 Å². The first-order chi connectivity index (χ1) is 11.2. The maximum Gasteiger partial charge on any atom is 0.416 e. The molecule has 3 nitrogen and oxygen atoms in total. The van der Waals surface area contributed by atoms with Gasteiger partial charge in [-0.3, -0.25) is 4.79 Å². The third-order valence-corrected chi connectivity index (χ3v) is 4.35. The summed E-state index contributed by atoms with van der Waals surface area (Å²) >= 11 is 6.02. The minimum atomic E-state index is -4.47. The number of benzene rings is 2. The van der Waals surface area contributed by atoms with Gasteiger partial charge in [0.1, 0.15) is 5.75 Å². The Morgan fingerprint density at radius 2 is 1.83 bits per heavy atom. The minimum absolute atomic E-state index is 0.238. The van der Waals surface area contributed by atoms with Gasteiger partial charge in [0.25, 0.3) is 0 Å². The van der Waals surface area contributed by atoms with Crippen LogP contribution < -0.4 is 9.64 Å². The van der Waals surface area contributed by atoms with Crippen molar-refractivity contribution in [2.75, 3.05) is 19.1 Å². The molecule has 24 heavy (non-hydrogen) atoms.